The molecular weight excluding hydrogens is 208 g/mol. The molecule has 0 N–H and O–H groups in total. The van der Waals surface area contributed by atoms with Crippen LogP contribution in [0.5, 0.6) is 0 Å². The minimum atomic E-state index is 0.0721. The predicted octanol–water partition coefficient (Wildman–Crippen LogP) is 1.28. The third kappa shape index (κ3) is 2.22. The summed E-state index contributed by atoms with van der Waals surface area (Å²) < 4.78 is 10.1. The molecule has 0 bridgehead atoms. The van der Waals surface area contributed by atoms with Crippen LogP contribution >= 0.6 is 0 Å². The van der Waals surface area contributed by atoms with E-state index in [0.29, 0.717) is 24.0 Å². The highest BCUT2D eigenvalue weighted by atomic mass is 16.5. The van der Waals surface area contributed by atoms with Gasteiger partial charge in [0.1, 0.15) is 5.69 Å². The first-order chi connectivity index (χ1) is 7.81. The molecule has 0 amide bonds. The van der Waals surface area contributed by atoms with Gasteiger partial charge in [-0.25, -0.2) is 4.98 Å². The van der Waals surface area contributed by atoms with Crippen molar-refractivity contribution in [1.82, 2.24) is 20.1 Å². The number of aromatic nitrogens is 4. The van der Waals surface area contributed by atoms with Crippen molar-refractivity contribution in [1.29, 1.82) is 0 Å². The standard InChI is InChI=1S/C10H12N4O2/c1-7(6-15-2)10-13-9(14-16-10)8-5-11-3-4-12-8/h3-5,7H,6H2,1-2H3. The summed E-state index contributed by atoms with van der Waals surface area (Å²) in [6.45, 7) is 2.50. The molecule has 0 spiro atoms. The van der Waals surface area contributed by atoms with Crippen LogP contribution in [0.15, 0.2) is 23.1 Å². The topological polar surface area (TPSA) is 73.9 Å². The van der Waals surface area contributed by atoms with Gasteiger partial charge in [-0.15, -0.1) is 0 Å². The maximum atomic E-state index is 5.12. The van der Waals surface area contributed by atoms with Gasteiger partial charge in [0, 0.05) is 19.5 Å². The first-order valence-corrected chi connectivity index (χ1v) is 4.90. The van der Waals surface area contributed by atoms with E-state index in [2.05, 4.69) is 20.1 Å². The summed E-state index contributed by atoms with van der Waals surface area (Å²) in [4.78, 5) is 12.3. The van der Waals surface area contributed by atoms with Crippen molar-refractivity contribution in [3.05, 3.63) is 24.5 Å². The number of ether oxygens (including phenoxy) is 1. The molecule has 2 rings (SSSR count). The van der Waals surface area contributed by atoms with Gasteiger partial charge in [-0.1, -0.05) is 12.1 Å². The second-order valence-electron chi connectivity index (χ2n) is 3.40. The van der Waals surface area contributed by atoms with Crippen molar-refractivity contribution in [2.75, 3.05) is 13.7 Å². The predicted molar refractivity (Wildman–Crippen MR) is 55.6 cm³/mol. The van der Waals surface area contributed by atoms with Gasteiger partial charge >= 0.3 is 0 Å². The van der Waals surface area contributed by atoms with Crippen molar-refractivity contribution in [3.63, 3.8) is 0 Å². The molecule has 1 unspecified atom stereocenters. The Balaban J connectivity index is 2.20. The molecule has 0 radical (unpaired) electrons. The molecule has 0 aliphatic heterocycles. The normalized spacial score (nSPS) is 12.6. The lowest BCUT2D eigenvalue weighted by Gasteiger charge is -2.02. The van der Waals surface area contributed by atoms with Crippen LogP contribution in [-0.4, -0.2) is 33.8 Å². The van der Waals surface area contributed by atoms with Gasteiger partial charge in [0.25, 0.3) is 0 Å². The molecule has 1 atom stereocenters. The molecule has 0 aromatic carbocycles. The second-order valence-corrected chi connectivity index (χ2v) is 3.40. The molecule has 84 valence electrons. The van der Waals surface area contributed by atoms with Crippen LogP contribution in [0.2, 0.25) is 0 Å². The van der Waals surface area contributed by atoms with E-state index < -0.39 is 0 Å². The molecule has 0 saturated carbocycles. The van der Waals surface area contributed by atoms with Gasteiger partial charge in [-0.05, 0) is 0 Å². The molecule has 0 saturated heterocycles. The van der Waals surface area contributed by atoms with Crippen molar-refractivity contribution in [2.45, 2.75) is 12.8 Å². The molecule has 2 heterocycles. The number of nitrogens with zero attached hydrogens (tertiary/aromatic N) is 4. The lowest BCUT2D eigenvalue weighted by atomic mass is 10.2. The number of rotatable bonds is 4. The molecule has 0 aliphatic rings. The van der Waals surface area contributed by atoms with Gasteiger partial charge in [0.2, 0.25) is 11.7 Å². The molecule has 0 aliphatic carbocycles. The van der Waals surface area contributed by atoms with E-state index in [1.807, 2.05) is 6.92 Å². The quantitative estimate of drug-likeness (QED) is 0.772. The van der Waals surface area contributed by atoms with Crippen molar-refractivity contribution in [3.8, 4) is 11.5 Å². The molecule has 6 nitrogen and oxygen atoms in total. The first-order valence-electron chi connectivity index (χ1n) is 4.90. The van der Waals surface area contributed by atoms with Crippen LogP contribution in [0, 0.1) is 0 Å². The highest BCUT2D eigenvalue weighted by Gasteiger charge is 2.15. The van der Waals surface area contributed by atoms with Gasteiger partial charge < -0.3 is 9.26 Å². The van der Waals surface area contributed by atoms with E-state index in [0.717, 1.165) is 0 Å². The monoisotopic (exact) mass is 220 g/mol. The Morgan fingerprint density at radius 3 is 3.00 bits per heavy atom. The van der Waals surface area contributed by atoms with E-state index in [9.17, 15) is 0 Å². The maximum Gasteiger partial charge on any atom is 0.232 e. The van der Waals surface area contributed by atoms with Crippen LogP contribution in [0.1, 0.15) is 18.7 Å². The third-order valence-corrected chi connectivity index (χ3v) is 2.07. The van der Waals surface area contributed by atoms with E-state index in [1.165, 1.54) is 0 Å². The zero-order chi connectivity index (χ0) is 11.4. The zero-order valence-electron chi connectivity index (χ0n) is 9.12. The van der Waals surface area contributed by atoms with Crippen LogP contribution in [0.25, 0.3) is 11.5 Å². The lowest BCUT2D eigenvalue weighted by molar-refractivity contribution is 0.170. The highest BCUT2D eigenvalue weighted by molar-refractivity contribution is 5.45. The fourth-order valence-corrected chi connectivity index (χ4v) is 1.28. The van der Waals surface area contributed by atoms with Crippen LogP contribution in [-0.2, 0) is 4.74 Å². The number of methoxy groups -OCH3 is 1. The Bertz CT molecular complexity index is 443. The van der Waals surface area contributed by atoms with Crippen molar-refractivity contribution in [2.24, 2.45) is 0 Å². The Morgan fingerprint density at radius 1 is 1.44 bits per heavy atom. The Kier molecular flexibility index (Phi) is 3.21. The van der Waals surface area contributed by atoms with E-state index in [1.54, 1.807) is 25.7 Å². The summed E-state index contributed by atoms with van der Waals surface area (Å²) >= 11 is 0. The lowest BCUT2D eigenvalue weighted by Crippen LogP contribution is -2.02. The summed E-state index contributed by atoms with van der Waals surface area (Å²) in [6, 6.07) is 0. The van der Waals surface area contributed by atoms with Crippen LogP contribution in [0.3, 0.4) is 0 Å². The fraction of sp³-hybridized carbons (Fsp3) is 0.400. The Hall–Kier alpha value is -1.82. The summed E-state index contributed by atoms with van der Waals surface area (Å²) in [5.74, 6) is 1.07. The maximum absolute atomic E-state index is 5.12. The van der Waals surface area contributed by atoms with Crippen LogP contribution in [0.4, 0.5) is 0 Å². The largest absolute Gasteiger partial charge is 0.384 e. The Morgan fingerprint density at radius 2 is 2.31 bits per heavy atom. The van der Waals surface area contributed by atoms with Crippen molar-refractivity contribution < 1.29 is 9.26 Å². The summed E-state index contributed by atoms with van der Waals surface area (Å²) in [7, 11) is 1.64. The average molecular weight is 220 g/mol. The average Bonchev–Trinajstić information content (AvgIpc) is 2.80. The summed E-state index contributed by atoms with van der Waals surface area (Å²) in [6.07, 6.45) is 4.78. The zero-order valence-corrected chi connectivity index (χ0v) is 9.12. The smallest absolute Gasteiger partial charge is 0.232 e. The van der Waals surface area contributed by atoms with Crippen LogP contribution < -0.4 is 0 Å². The number of hydrogen-bond acceptors (Lipinski definition) is 6. The summed E-state index contributed by atoms with van der Waals surface area (Å²) in [5.41, 5.74) is 0.599. The van der Waals surface area contributed by atoms with Gasteiger partial charge in [-0.3, -0.25) is 4.98 Å². The third-order valence-electron chi connectivity index (χ3n) is 2.07. The minimum absolute atomic E-state index is 0.0721. The van der Waals surface area contributed by atoms with Gasteiger partial charge in [0.05, 0.1) is 18.7 Å². The second kappa shape index (κ2) is 4.80. The first kappa shape index (κ1) is 10.7. The van der Waals surface area contributed by atoms with E-state index in [-0.39, 0.29) is 5.92 Å². The summed E-state index contributed by atoms with van der Waals surface area (Å²) in [5, 5.41) is 3.85. The molecule has 2 aromatic heterocycles. The van der Waals surface area contributed by atoms with E-state index >= 15 is 0 Å². The van der Waals surface area contributed by atoms with Crippen molar-refractivity contribution >= 4 is 0 Å². The molecule has 2 aromatic rings. The Labute approximate surface area is 92.7 Å². The highest BCUT2D eigenvalue weighted by Crippen LogP contribution is 2.17. The molecule has 16 heavy (non-hydrogen) atoms. The van der Waals surface area contributed by atoms with Gasteiger partial charge in [-0.2, -0.15) is 4.98 Å². The van der Waals surface area contributed by atoms with Gasteiger partial charge in [0.15, 0.2) is 0 Å². The molecule has 6 heteroatoms. The SMILES string of the molecule is COCC(C)c1nc(-c2cnccn2)no1. The fourth-order valence-electron chi connectivity index (χ4n) is 1.28. The minimum Gasteiger partial charge on any atom is -0.384 e. The number of hydrogen-bond donors (Lipinski definition) is 0. The van der Waals surface area contributed by atoms with E-state index in [4.69, 9.17) is 9.26 Å². The molecular formula is C10H12N4O2. The molecule has 0 fully saturated rings.